The molecule has 5 heteroatoms. The second kappa shape index (κ2) is 5.96. The summed E-state index contributed by atoms with van der Waals surface area (Å²) in [4.78, 5) is 11.5. The molecule has 98 valence electrons. The summed E-state index contributed by atoms with van der Waals surface area (Å²) in [6.45, 7) is 1.33. The van der Waals surface area contributed by atoms with Crippen LogP contribution in [0.1, 0.15) is 38.5 Å². The molecule has 2 fully saturated rings. The molecule has 17 heavy (non-hydrogen) atoms. The lowest BCUT2D eigenvalue weighted by Gasteiger charge is -2.36. The summed E-state index contributed by atoms with van der Waals surface area (Å²) < 4.78 is 0. The zero-order valence-corrected chi connectivity index (χ0v) is 11.0. The smallest absolute Gasteiger partial charge is 0.314 e. The molecule has 1 atom stereocenters. The standard InChI is InChI=1S/C12H22N2O2S/c15-11(14-9-10-3-1-8-17-10)13-7-6-12(16)4-2-5-12/h10,16H,1-9H2,(H2,13,14,15). The third-order valence-electron chi connectivity index (χ3n) is 3.67. The molecule has 2 rings (SSSR count). The highest BCUT2D eigenvalue weighted by Crippen LogP contribution is 2.34. The largest absolute Gasteiger partial charge is 0.390 e. The fourth-order valence-electron chi connectivity index (χ4n) is 2.32. The van der Waals surface area contributed by atoms with Gasteiger partial charge in [-0.3, -0.25) is 0 Å². The first-order valence-corrected chi connectivity index (χ1v) is 7.59. The van der Waals surface area contributed by atoms with Gasteiger partial charge in [-0.2, -0.15) is 11.8 Å². The average Bonchev–Trinajstić information content (AvgIpc) is 2.77. The van der Waals surface area contributed by atoms with Crippen LogP contribution in [-0.2, 0) is 0 Å². The number of rotatable bonds is 5. The number of aliphatic hydroxyl groups is 1. The first-order valence-electron chi connectivity index (χ1n) is 6.54. The second-order valence-electron chi connectivity index (χ2n) is 5.10. The molecule has 4 nitrogen and oxygen atoms in total. The molecule has 0 radical (unpaired) electrons. The lowest BCUT2D eigenvalue weighted by molar-refractivity contribution is -0.0388. The maximum absolute atomic E-state index is 11.5. The molecule has 0 bridgehead atoms. The number of urea groups is 1. The van der Waals surface area contributed by atoms with Crippen molar-refractivity contribution >= 4 is 17.8 Å². The minimum absolute atomic E-state index is 0.0968. The van der Waals surface area contributed by atoms with Gasteiger partial charge in [0.15, 0.2) is 0 Å². The van der Waals surface area contributed by atoms with Crippen LogP contribution in [0.5, 0.6) is 0 Å². The van der Waals surface area contributed by atoms with Crippen LogP contribution in [-0.4, -0.2) is 40.8 Å². The van der Waals surface area contributed by atoms with Gasteiger partial charge in [0.1, 0.15) is 0 Å². The Morgan fingerprint density at radius 3 is 2.76 bits per heavy atom. The molecule has 0 aromatic rings. The van der Waals surface area contributed by atoms with E-state index in [9.17, 15) is 9.90 Å². The normalized spacial score (nSPS) is 26.3. The molecule has 1 heterocycles. The van der Waals surface area contributed by atoms with Gasteiger partial charge in [-0.15, -0.1) is 0 Å². The average molecular weight is 258 g/mol. The van der Waals surface area contributed by atoms with Crippen LogP contribution < -0.4 is 10.6 Å². The van der Waals surface area contributed by atoms with Crippen molar-refractivity contribution in [1.82, 2.24) is 10.6 Å². The van der Waals surface area contributed by atoms with Gasteiger partial charge in [0.2, 0.25) is 0 Å². The third-order valence-corrected chi connectivity index (χ3v) is 5.07. The summed E-state index contributed by atoms with van der Waals surface area (Å²) in [5.74, 6) is 1.22. The van der Waals surface area contributed by atoms with Crippen LogP contribution in [0.3, 0.4) is 0 Å². The van der Waals surface area contributed by atoms with Crippen LogP contribution in [0.4, 0.5) is 4.79 Å². The van der Waals surface area contributed by atoms with E-state index in [1.54, 1.807) is 0 Å². The van der Waals surface area contributed by atoms with Gasteiger partial charge >= 0.3 is 6.03 Å². The number of amides is 2. The summed E-state index contributed by atoms with van der Waals surface area (Å²) in [5.41, 5.74) is -0.491. The Morgan fingerprint density at radius 1 is 1.35 bits per heavy atom. The molecular weight excluding hydrogens is 236 g/mol. The van der Waals surface area contributed by atoms with E-state index in [-0.39, 0.29) is 6.03 Å². The molecule has 1 aliphatic carbocycles. The van der Waals surface area contributed by atoms with Crippen molar-refractivity contribution in [2.75, 3.05) is 18.8 Å². The number of carbonyl (C=O) groups is 1. The van der Waals surface area contributed by atoms with E-state index in [0.29, 0.717) is 18.2 Å². The van der Waals surface area contributed by atoms with Gasteiger partial charge in [-0.1, -0.05) is 0 Å². The Morgan fingerprint density at radius 2 is 2.18 bits per heavy atom. The SMILES string of the molecule is O=C(NCCC1(O)CCC1)NCC1CCCS1. The molecule has 1 saturated carbocycles. The van der Waals surface area contributed by atoms with Crippen molar-refractivity contribution in [2.24, 2.45) is 0 Å². The minimum atomic E-state index is -0.491. The fourth-order valence-corrected chi connectivity index (χ4v) is 3.52. The molecule has 1 unspecified atom stereocenters. The predicted octanol–water partition coefficient (Wildman–Crippen LogP) is 1.49. The van der Waals surface area contributed by atoms with E-state index in [2.05, 4.69) is 10.6 Å². The Bertz CT molecular complexity index is 263. The van der Waals surface area contributed by atoms with Crippen LogP contribution >= 0.6 is 11.8 Å². The highest BCUT2D eigenvalue weighted by Gasteiger charge is 2.33. The number of nitrogens with one attached hydrogen (secondary N) is 2. The van der Waals surface area contributed by atoms with E-state index in [0.717, 1.165) is 25.8 Å². The molecule has 2 amide bonds. The van der Waals surface area contributed by atoms with Crippen molar-refractivity contribution in [2.45, 2.75) is 49.4 Å². The first-order chi connectivity index (χ1) is 8.18. The fraction of sp³-hybridized carbons (Fsp3) is 0.917. The molecule has 2 aliphatic rings. The van der Waals surface area contributed by atoms with E-state index in [1.165, 1.54) is 18.6 Å². The highest BCUT2D eigenvalue weighted by molar-refractivity contribution is 8.00. The maximum atomic E-state index is 11.5. The summed E-state index contributed by atoms with van der Waals surface area (Å²) in [5, 5.41) is 16.2. The molecule has 3 N–H and O–H groups in total. The van der Waals surface area contributed by atoms with Crippen molar-refractivity contribution in [1.29, 1.82) is 0 Å². The monoisotopic (exact) mass is 258 g/mol. The van der Waals surface area contributed by atoms with Gasteiger partial charge in [0.25, 0.3) is 0 Å². The van der Waals surface area contributed by atoms with Crippen molar-refractivity contribution in [3.8, 4) is 0 Å². The van der Waals surface area contributed by atoms with E-state index < -0.39 is 5.60 Å². The highest BCUT2D eigenvalue weighted by atomic mass is 32.2. The third kappa shape index (κ3) is 4.07. The van der Waals surface area contributed by atoms with Crippen molar-refractivity contribution in [3.63, 3.8) is 0 Å². The van der Waals surface area contributed by atoms with Crippen LogP contribution in [0, 0.1) is 0 Å². The summed E-state index contributed by atoms with van der Waals surface area (Å²) in [6.07, 6.45) is 6.04. The predicted molar refractivity (Wildman–Crippen MR) is 70.3 cm³/mol. The summed E-state index contributed by atoms with van der Waals surface area (Å²) in [7, 11) is 0. The quantitative estimate of drug-likeness (QED) is 0.700. The topological polar surface area (TPSA) is 61.4 Å². The van der Waals surface area contributed by atoms with Crippen LogP contribution in [0.2, 0.25) is 0 Å². The van der Waals surface area contributed by atoms with E-state index in [4.69, 9.17) is 0 Å². The minimum Gasteiger partial charge on any atom is -0.390 e. The maximum Gasteiger partial charge on any atom is 0.314 e. The molecule has 0 aromatic heterocycles. The zero-order chi connectivity index (χ0) is 12.1. The Kier molecular flexibility index (Phi) is 4.56. The van der Waals surface area contributed by atoms with Crippen molar-refractivity contribution in [3.05, 3.63) is 0 Å². The van der Waals surface area contributed by atoms with E-state index in [1.807, 2.05) is 11.8 Å². The lowest BCUT2D eigenvalue weighted by atomic mass is 9.78. The Hall–Kier alpha value is -0.420. The number of hydrogen-bond acceptors (Lipinski definition) is 3. The Balaban J connectivity index is 1.51. The summed E-state index contributed by atoms with van der Waals surface area (Å²) >= 11 is 1.94. The number of carbonyl (C=O) groups excluding carboxylic acids is 1. The molecule has 0 aromatic carbocycles. The van der Waals surface area contributed by atoms with Gasteiger partial charge < -0.3 is 15.7 Å². The van der Waals surface area contributed by atoms with Gasteiger partial charge in [-0.25, -0.2) is 4.79 Å². The second-order valence-corrected chi connectivity index (χ2v) is 6.51. The van der Waals surface area contributed by atoms with Gasteiger partial charge in [-0.05, 0) is 44.3 Å². The zero-order valence-electron chi connectivity index (χ0n) is 10.2. The van der Waals surface area contributed by atoms with Gasteiger partial charge in [0, 0.05) is 18.3 Å². The first kappa shape index (κ1) is 13.0. The molecule has 1 saturated heterocycles. The van der Waals surface area contributed by atoms with Gasteiger partial charge in [0.05, 0.1) is 5.60 Å². The summed E-state index contributed by atoms with van der Waals surface area (Å²) in [6, 6.07) is -0.0968. The molecular formula is C12H22N2O2S. The molecule has 1 aliphatic heterocycles. The van der Waals surface area contributed by atoms with E-state index >= 15 is 0 Å². The Labute approximate surface area is 107 Å². The lowest BCUT2D eigenvalue weighted by Crippen LogP contribution is -2.43. The van der Waals surface area contributed by atoms with Crippen LogP contribution in [0.15, 0.2) is 0 Å². The molecule has 0 spiro atoms. The van der Waals surface area contributed by atoms with Crippen LogP contribution in [0.25, 0.3) is 0 Å². The number of thioether (sulfide) groups is 1. The van der Waals surface area contributed by atoms with Crippen molar-refractivity contribution < 1.29 is 9.90 Å². The number of hydrogen-bond donors (Lipinski definition) is 3.